The van der Waals surface area contributed by atoms with Gasteiger partial charge < -0.3 is 10.8 Å². The van der Waals surface area contributed by atoms with Gasteiger partial charge in [0.1, 0.15) is 9.39 Å². The SMILES string of the molecule is Nc1c(CO)cc(C(F)F)nc1I. The van der Waals surface area contributed by atoms with Gasteiger partial charge in [0.15, 0.2) is 0 Å². The van der Waals surface area contributed by atoms with Crippen LogP contribution in [-0.4, -0.2) is 10.1 Å². The van der Waals surface area contributed by atoms with Crippen LogP contribution in [0.3, 0.4) is 0 Å². The van der Waals surface area contributed by atoms with Gasteiger partial charge in [0.2, 0.25) is 0 Å². The van der Waals surface area contributed by atoms with Gasteiger partial charge in [-0.1, -0.05) is 0 Å². The maximum atomic E-state index is 12.2. The summed E-state index contributed by atoms with van der Waals surface area (Å²) in [5.41, 5.74) is 5.67. The minimum atomic E-state index is -2.64. The Hall–Kier alpha value is -0.500. The zero-order chi connectivity index (χ0) is 10.0. The second-order valence-corrected chi connectivity index (χ2v) is 3.39. The zero-order valence-electron chi connectivity index (χ0n) is 6.47. The monoisotopic (exact) mass is 300 g/mol. The van der Waals surface area contributed by atoms with E-state index >= 15 is 0 Å². The molecule has 13 heavy (non-hydrogen) atoms. The number of nitrogen functional groups attached to an aromatic ring is 1. The average molecular weight is 300 g/mol. The summed E-state index contributed by atoms with van der Waals surface area (Å²) in [6.07, 6.45) is -2.64. The number of pyridine rings is 1. The first kappa shape index (κ1) is 10.6. The molecule has 0 spiro atoms. The molecule has 0 aromatic carbocycles. The van der Waals surface area contributed by atoms with Gasteiger partial charge in [0.25, 0.3) is 6.43 Å². The molecule has 0 amide bonds. The molecule has 0 saturated heterocycles. The quantitative estimate of drug-likeness (QED) is 0.645. The molecular formula is C7H7F2IN2O. The third kappa shape index (κ3) is 2.25. The lowest BCUT2D eigenvalue weighted by molar-refractivity contribution is 0.145. The highest BCUT2D eigenvalue weighted by atomic mass is 127. The first-order valence-corrected chi connectivity index (χ1v) is 4.48. The van der Waals surface area contributed by atoms with Crippen LogP contribution in [0.1, 0.15) is 17.7 Å². The third-order valence-corrected chi connectivity index (χ3v) is 2.33. The Morgan fingerprint density at radius 2 is 2.23 bits per heavy atom. The number of aromatic nitrogens is 1. The number of nitrogens with two attached hydrogens (primary N) is 1. The van der Waals surface area contributed by atoms with E-state index in [2.05, 4.69) is 4.98 Å². The lowest BCUT2D eigenvalue weighted by Gasteiger charge is -2.07. The van der Waals surface area contributed by atoms with E-state index in [-0.39, 0.29) is 23.6 Å². The van der Waals surface area contributed by atoms with Crippen LogP contribution in [0.25, 0.3) is 0 Å². The minimum absolute atomic E-state index is 0.257. The summed E-state index contributed by atoms with van der Waals surface area (Å²) in [5, 5.41) is 8.79. The highest BCUT2D eigenvalue weighted by Crippen LogP contribution is 2.24. The Balaban J connectivity index is 3.22. The van der Waals surface area contributed by atoms with Crippen LogP contribution in [0.4, 0.5) is 14.5 Å². The van der Waals surface area contributed by atoms with Crippen molar-refractivity contribution in [2.75, 3.05) is 5.73 Å². The highest BCUT2D eigenvalue weighted by molar-refractivity contribution is 14.1. The Bertz CT molecular complexity index is 320. The number of aliphatic hydroxyl groups is 1. The summed E-state index contributed by atoms with van der Waals surface area (Å²) >= 11 is 1.75. The number of alkyl halides is 2. The number of anilines is 1. The second kappa shape index (κ2) is 4.14. The Labute approximate surface area is 87.1 Å². The van der Waals surface area contributed by atoms with Gasteiger partial charge in [-0.05, 0) is 28.7 Å². The number of aliphatic hydroxyl groups excluding tert-OH is 1. The molecule has 0 aliphatic heterocycles. The molecule has 1 aromatic rings. The molecule has 0 bridgehead atoms. The van der Waals surface area contributed by atoms with Crippen LogP contribution < -0.4 is 5.73 Å². The number of nitrogens with zero attached hydrogens (tertiary/aromatic N) is 1. The largest absolute Gasteiger partial charge is 0.396 e. The predicted octanol–water partition coefficient (Wildman–Crippen LogP) is 1.70. The first-order chi connectivity index (χ1) is 6.06. The van der Waals surface area contributed by atoms with Crippen LogP contribution >= 0.6 is 22.6 Å². The highest BCUT2D eigenvalue weighted by Gasteiger charge is 2.13. The van der Waals surface area contributed by atoms with Crippen molar-refractivity contribution in [3.63, 3.8) is 0 Å². The minimum Gasteiger partial charge on any atom is -0.396 e. The topological polar surface area (TPSA) is 59.1 Å². The molecule has 72 valence electrons. The summed E-state index contributed by atoms with van der Waals surface area (Å²) in [4.78, 5) is 3.58. The first-order valence-electron chi connectivity index (χ1n) is 3.40. The fraction of sp³-hybridized carbons (Fsp3) is 0.286. The molecule has 0 aliphatic carbocycles. The predicted molar refractivity (Wildman–Crippen MR) is 52.2 cm³/mol. The fourth-order valence-corrected chi connectivity index (χ4v) is 1.46. The smallest absolute Gasteiger partial charge is 0.280 e. The van der Waals surface area contributed by atoms with Gasteiger partial charge in [0.05, 0.1) is 12.3 Å². The van der Waals surface area contributed by atoms with Crippen LogP contribution in [0.15, 0.2) is 6.07 Å². The van der Waals surface area contributed by atoms with Crippen molar-refractivity contribution in [2.45, 2.75) is 13.0 Å². The number of halogens is 3. The molecule has 0 saturated carbocycles. The van der Waals surface area contributed by atoms with E-state index in [9.17, 15) is 8.78 Å². The molecular weight excluding hydrogens is 293 g/mol. The summed E-state index contributed by atoms with van der Waals surface area (Å²) in [6, 6.07) is 1.11. The van der Waals surface area contributed by atoms with E-state index in [1.165, 1.54) is 0 Å². The molecule has 0 fully saturated rings. The molecule has 3 nitrogen and oxygen atoms in total. The van der Waals surface area contributed by atoms with E-state index in [1.807, 2.05) is 0 Å². The second-order valence-electron chi connectivity index (χ2n) is 2.37. The van der Waals surface area contributed by atoms with Gasteiger partial charge in [-0.25, -0.2) is 13.8 Å². The third-order valence-electron chi connectivity index (χ3n) is 1.51. The van der Waals surface area contributed by atoms with Crippen LogP contribution in [-0.2, 0) is 6.61 Å². The summed E-state index contributed by atoms with van der Waals surface area (Å²) in [5.74, 6) is 0. The maximum Gasteiger partial charge on any atom is 0.280 e. The molecule has 0 atom stereocenters. The Morgan fingerprint density at radius 1 is 1.62 bits per heavy atom. The van der Waals surface area contributed by atoms with Crippen molar-refractivity contribution < 1.29 is 13.9 Å². The van der Waals surface area contributed by atoms with Gasteiger partial charge >= 0.3 is 0 Å². The summed E-state index contributed by atoms with van der Waals surface area (Å²) in [7, 11) is 0. The fourth-order valence-electron chi connectivity index (χ4n) is 0.837. The Morgan fingerprint density at radius 3 is 2.69 bits per heavy atom. The van der Waals surface area contributed by atoms with Crippen molar-refractivity contribution in [3.05, 3.63) is 21.0 Å². The van der Waals surface area contributed by atoms with Gasteiger partial charge in [0, 0.05) is 5.56 Å². The number of rotatable bonds is 2. The summed E-state index contributed by atoms with van der Waals surface area (Å²) in [6.45, 7) is -0.357. The van der Waals surface area contributed by atoms with Crippen molar-refractivity contribution in [2.24, 2.45) is 0 Å². The molecule has 1 rings (SSSR count). The van der Waals surface area contributed by atoms with Crippen LogP contribution in [0.5, 0.6) is 0 Å². The normalized spacial score (nSPS) is 10.8. The molecule has 0 aliphatic rings. The van der Waals surface area contributed by atoms with Crippen molar-refractivity contribution >= 4 is 28.3 Å². The maximum absolute atomic E-state index is 12.2. The molecule has 6 heteroatoms. The average Bonchev–Trinajstić information content (AvgIpc) is 2.09. The van der Waals surface area contributed by atoms with Gasteiger partial charge in [-0.3, -0.25) is 0 Å². The number of hydrogen-bond acceptors (Lipinski definition) is 3. The molecule has 0 unspecified atom stereocenters. The lowest BCUT2D eigenvalue weighted by atomic mass is 10.2. The summed E-state index contributed by atoms with van der Waals surface area (Å²) < 4.78 is 24.7. The van der Waals surface area contributed by atoms with Crippen molar-refractivity contribution in [1.82, 2.24) is 4.98 Å². The van der Waals surface area contributed by atoms with Crippen LogP contribution in [0, 0.1) is 3.70 Å². The van der Waals surface area contributed by atoms with Gasteiger partial charge in [-0.2, -0.15) is 0 Å². The van der Waals surface area contributed by atoms with E-state index in [0.29, 0.717) is 3.70 Å². The van der Waals surface area contributed by atoms with Crippen molar-refractivity contribution in [1.29, 1.82) is 0 Å². The Kier molecular flexibility index (Phi) is 3.37. The molecule has 1 heterocycles. The lowest BCUT2D eigenvalue weighted by Crippen LogP contribution is -2.03. The standard InChI is InChI=1S/C7H7F2IN2O/c8-6(9)4-1-3(2-13)5(11)7(10)12-4/h1,6,13H,2,11H2. The van der Waals surface area contributed by atoms with E-state index in [4.69, 9.17) is 10.8 Å². The molecule has 1 aromatic heterocycles. The van der Waals surface area contributed by atoms with E-state index in [0.717, 1.165) is 6.07 Å². The van der Waals surface area contributed by atoms with Gasteiger partial charge in [-0.15, -0.1) is 0 Å². The molecule has 3 N–H and O–H groups in total. The van der Waals surface area contributed by atoms with E-state index < -0.39 is 6.43 Å². The molecule has 0 radical (unpaired) electrons. The number of hydrogen-bond donors (Lipinski definition) is 2. The zero-order valence-corrected chi connectivity index (χ0v) is 8.62. The van der Waals surface area contributed by atoms with Crippen LogP contribution in [0.2, 0.25) is 0 Å². The van der Waals surface area contributed by atoms with Crippen molar-refractivity contribution in [3.8, 4) is 0 Å². The van der Waals surface area contributed by atoms with E-state index in [1.54, 1.807) is 22.6 Å².